The lowest BCUT2D eigenvalue weighted by Crippen LogP contribution is -2.51. The van der Waals surface area contributed by atoms with Crippen molar-refractivity contribution >= 4 is 5.97 Å². The molecule has 26 heavy (non-hydrogen) atoms. The lowest BCUT2D eigenvalue weighted by Gasteiger charge is -2.42. The fourth-order valence-electron chi connectivity index (χ4n) is 4.20. The summed E-state index contributed by atoms with van der Waals surface area (Å²) in [5.41, 5.74) is -3.96. The van der Waals surface area contributed by atoms with Gasteiger partial charge in [0, 0.05) is 18.3 Å². The van der Waals surface area contributed by atoms with Crippen LogP contribution in [0, 0.1) is 73.9 Å². The highest BCUT2D eigenvalue weighted by atomic mass is 16.6. The SMILES string of the molecule is C[C@@H]1C[C@H](C)OC2=C[C@@H]3C=C[C@H]([C@@H]2C(=O)O1)C(C#N)(C#N)C3(C#N)C#N. The molecule has 7 heteroatoms. The summed E-state index contributed by atoms with van der Waals surface area (Å²) in [5.74, 6) is -3.27. The second-order valence-electron chi connectivity index (χ2n) is 6.96. The Labute approximate surface area is 151 Å². The Bertz CT molecular complexity index is 848. The van der Waals surface area contributed by atoms with Gasteiger partial charge < -0.3 is 9.47 Å². The fraction of sp³-hybridized carbons (Fsp3) is 0.526. The van der Waals surface area contributed by atoms with Gasteiger partial charge in [-0.15, -0.1) is 0 Å². The summed E-state index contributed by atoms with van der Waals surface area (Å²) in [6.07, 6.45) is 4.53. The van der Waals surface area contributed by atoms with Gasteiger partial charge in [0.1, 0.15) is 17.8 Å². The zero-order valence-electron chi connectivity index (χ0n) is 14.3. The molecule has 4 rings (SSSR count). The first-order valence-corrected chi connectivity index (χ1v) is 8.31. The highest BCUT2D eigenvalue weighted by molar-refractivity contribution is 5.78. The van der Waals surface area contributed by atoms with Crippen LogP contribution in [0.25, 0.3) is 0 Å². The van der Waals surface area contributed by atoms with Crippen molar-refractivity contribution in [3.63, 3.8) is 0 Å². The standard InChI is InChI=1S/C19H16N4O3/c1-11-5-12(2)26-17(24)16-14-4-3-13(6-15(16)25-11)18(7-20,8-21)19(14,9-22)10-23/h3-4,6,11-14,16H,5H2,1-2H3/t11-,12+,13-,14+,16-/m0/s1. The Morgan fingerprint density at radius 2 is 1.54 bits per heavy atom. The summed E-state index contributed by atoms with van der Waals surface area (Å²) < 4.78 is 11.4. The summed E-state index contributed by atoms with van der Waals surface area (Å²) >= 11 is 0. The van der Waals surface area contributed by atoms with Crippen LogP contribution in [0.5, 0.6) is 0 Å². The van der Waals surface area contributed by atoms with Crippen molar-refractivity contribution in [3.8, 4) is 24.3 Å². The molecule has 0 aromatic carbocycles. The molecule has 0 spiro atoms. The molecule has 0 radical (unpaired) electrons. The van der Waals surface area contributed by atoms with Crippen molar-refractivity contribution in [3.05, 3.63) is 24.0 Å². The third-order valence-electron chi connectivity index (χ3n) is 5.44. The van der Waals surface area contributed by atoms with E-state index >= 15 is 0 Å². The molecule has 1 heterocycles. The molecule has 2 bridgehead atoms. The van der Waals surface area contributed by atoms with Crippen LogP contribution in [0.3, 0.4) is 0 Å². The molecule has 3 aliphatic carbocycles. The van der Waals surface area contributed by atoms with E-state index in [1.807, 2.05) is 31.2 Å². The number of cyclic esters (lactones) is 1. The average molecular weight is 348 g/mol. The monoisotopic (exact) mass is 348 g/mol. The Balaban J connectivity index is 2.28. The van der Waals surface area contributed by atoms with E-state index in [1.54, 1.807) is 19.1 Å². The maximum Gasteiger partial charge on any atom is 0.317 e. The molecule has 5 atom stereocenters. The molecule has 7 nitrogen and oxygen atoms in total. The van der Waals surface area contributed by atoms with E-state index in [1.165, 1.54) is 6.08 Å². The van der Waals surface area contributed by atoms with Crippen LogP contribution in [0.15, 0.2) is 24.0 Å². The largest absolute Gasteiger partial charge is 0.494 e. The normalized spacial score (nSPS) is 36.0. The van der Waals surface area contributed by atoms with Crippen molar-refractivity contribution in [1.29, 1.82) is 21.0 Å². The van der Waals surface area contributed by atoms with E-state index in [2.05, 4.69) is 0 Å². The molecule has 0 aromatic heterocycles. The van der Waals surface area contributed by atoms with E-state index in [-0.39, 0.29) is 11.9 Å². The molecule has 0 unspecified atom stereocenters. The summed E-state index contributed by atoms with van der Waals surface area (Å²) in [6, 6.07) is 7.57. The highest BCUT2D eigenvalue weighted by Crippen LogP contribution is 2.59. The number of esters is 1. The summed E-state index contributed by atoms with van der Waals surface area (Å²) in [5, 5.41) is 39.3. The second kappa shape index (κ2) is 5.91. The minimum atomic E-state index is -2.02. The van der Waals surface area contributed by atoms with Gasteiger partial charge in [-0.2, -0.15) is 21.0 Å². The zero-order valence-corrected chi connectivity index (χ0v) is 14.3. The Morgan fingerprint density at radius 1 is 0.962 bits per heavy atom. The number of hydrogen-bond acceptors (Lipinski definition) is 7. The van der Waals surface area contributed by atoms with Gasteiger partial charge in [0.15, 0.2) is 10.8 Å². The number of rotatable bonds is 0. The van der Waals surface area contributed by atoms with E-state index in [0.29, 0.717) is 6.42 Å². The summed E-state index contributed by atoms with van der Waals surface area (Å²) in [7, 11) is 0. The molecule has 0 saturated carbocycles. The van der Waals surface area contributed by atoms with Gasteiger partial charge in [-0.05, 0) is 19.9 Å². The molecule has 1 saturated heterocycles. The van der Waals surface area contributed by atoms with Gasteiger partial charge in [0.05, 0.1) is 30.4 Å². The maximum absolute atomic E-state index is 12.8. The van der Waals surface area contributed by atoms with Crippen molar-refractivity contribution in [2.24, 2.45) is 28.6 Å². The molecule has 4 aliphatic rings. The minimum Gasteiger partial charge on any atom is -0.494 e. The summed E-state index contributed by atoms with van der Waals surface area (Å²) in [6.45, 7) is 3.57. The van der Waals surface area contributed by atoms with E-state index in [9.17, 15) is 25.8 Å². The van der Waals surface area contributed by atoms with Crippen LogP contribution in [-0.4, -0.2) is 18.2 Å². The van der Waals surface area contributed by atoms with E-state index < -0.39 is 40.7 Å². The lowest BCUT2D eigenvalue weighted by molar-refractivity contribution is -0.160. The van der Waals surface area contributed by atoms with Gasteiger partial charge in [-0.3, -0.25) is 4.79 Å². The molecule has 0 aromatic rings. The molecule has 1 aliphatic heterocycles. The Hall–Kier alpha value is -3.29. The smallest absolute Gasteiger partial charge is 0.317 e. The molecule has 1 fully saturated rings. The van der Waals surface area contributed by atoms with Crippen molar-refractivity contribution in [1.82, 2.24) is 0 Å². The predicted octanol–water partition coefficient (Wildman–Crippen LogP) is 2.11. The number of fused-ring (bicyclic) bond motifs is 1. The quantitative estimate of drug-likeness (QED) is 0.484. The number of nitriles is 4. The van der Waals surface area contributed by atoms with Crippen LogP contribution in [0.4, 0.5) is 0 Å². The topological polar surface area (TPSA) is 131 Å². The van der Waals surface area contributed by atoms with Gasteiger partial charge in [-0.1, -0.05) is 12.2 Å². The number of ether oxygens (including phenoxy) is 2. The minimum absolute atomic E-state index is 0.261. The predicted molar refractivity (Wildman–Crippen MR) is 85.7 cm³/mol. The van der Waals surface area contributed by atoms with E-state index in [4.69, 9.17) is 9.47 Å². The molecule has 130 valence electrons. The van der Waals surface area contributed by atoms with Crippen LogP contribution in [0.2, 0.25) is 0 Å². The average Bonchev–Trinajstić information content (AvgIpc) is 2.84. The van der Waals surface area contributed by atoms with Crippen LogP contribution in [-0.2, 0) is 14.3 Å². The lowest BCUT2D eigenvalue weighted by atomic mass is 9.51. The third kappa shape index (κ3) is 2.05. The molecule has 0 amide bonds. The zero-order chi connectivity index (χ0) is 19.1. The molecular weight excluding hydrogens is 332 g/mol. The van der Waals surface area contributed by atoms with Gasteiger partial charge in [-0.25, -0.2) is 0 Å². The number of hydrogen-bond donors (Lipinski definition) is 0. The van der Waals surface area contributed by atoms with Gasteiger partial charge in [0.2, 0.25) is 0 Å². The van der Waals surface area contributed by atoms with Crippen molar-refractivity contribution in [2.45, 2.75) is 32.5 Å². The van der Waals surface area contributed by atoms with Crippen molar-refractivity contribution < 1.29 is 14.3 Å². The van der Waals surface area contributed by atoms with Crippen LogP contribution in [0.1, 0.15) is 20.3 Å². The van der Waals surface area contributed by atoms with E-state index in [0.717, 1.165) is 0 Å². The van der Waals surface area contributed by atoms with Gasteiger partial charge in [0.25, 0.3) is 0 Å². The van der Waals surface area contributed by atoms with Gasteiger partial charge >= 0.3 is 5.97 Å². The molecule has 0 N–H and O–H groups in total. The number of carbonyl (C=O) groups is 1. The maximum atomic E-state index is 12.8. The summed E-state index contributed by atoms with van der Waals surface area (Å²) in [4.78, 5) is 12.8. The first-order valence-electron chi connectivity index (χ1n) is 8.31. The van der Waals surface area contributed by atoms with Crippen LogP contribution < -0.4 is 0 Å². The fourth-order valence-corrected chi connectivity index (χ4v) is 4.20. The van der Waals surface area contributed by atoms with Crippen molar-refractivity contribution in [2.75, 3.05) is 0 Å². The highest BCUT2D eigenvalue weighted by Gasteiger charge is 2.68. The first-order chi connectivity index (χ1) is 12.4. The first kappa shape index (κ1) is 17.5. The Morgan fingerprint density at radius 3 is 2.12 bits per heavy atom. The molecular formula is C19H16N4O3. The number of allylic oxidation sites excluding steroid dienone is 3. The number of nitrogens with zero attached hydrogens (tertiary/aromatic N) is 4. The number of carbonyl (C=O) groups excluding carboxylic acids is 1. The second-order valence-corrected chi connectivity index (χ2v) is 6.96. The van der Waals surface area contributed by atoms with Crippen LogP contribution >= 0.6 is 0 Å². The Kier molecular flexibility index (Phi) is 3.98. The third-order valence-corrected chi connectivity index (χ3v) is 5.44.